The van der Waals surface area contributed by atoms with Crippen molar-refractivity contribution in [1.82, 2.24) is 10.2 Å². The molecule has 2 aromatic carbocycles. The lowest BCUT2D eigenvalue weighted by molar-refractivity contribution is -0.142. The number of carboxylic acid groups (broad SMARTS) is 1. The fourth-order valence-corrected chi connectivity index (χ4v) is 6.03. The topological polar surface area (TPSA) is 95.9 Å². The van der Waals surface area contributed by atoms with E-state index in [1.807, 2.05) is 31.2 Å². The lowest BCUT2D eigenvalue weighted by atomic mass is 9.98. The average molecular weight is 497 g/mol. The van der Waals surface area contributed by atoms with Gasteiger partial charge in [-0.3, -0.25) is 9.59 Å². The highest BCUT2D eigenvalue weighted by molar-refractivity contribution is 7.99. The second-order valence-electron chi connectivity index (χ2n) is 9.15. The van der Waals surface area contributed by atoms with Crippen molar-refractivity contribution in [1.29, 1.82) is 0 Å². The van der Waals surface area contributed by atoms with Crippen molar-refractivity contribution in [2.75, 3.05) is 31.2 Å². The minimum absolute atomic E-state index is 0.00214. The van der Waals surface area contributed by atoms with Crippen LogP contribution in [-0.4, -0.2) is 65.2 Å². The summed E-state index contributed by atoms with van der Waals surface area (Å²) in [6.45, 7) is 3.15. The number of nitrogens with one attached hydrogen (secondary N) is 1. The second kappa shape index (κ2) is 11.6. The number of aliphatic carboxylic acids is 1. The summed E-state index contributed by atoms with van der Waals surface area (Å²) in [6, 6.07) is 16.2. The van der Waals surface area contributed by atoms with Gasteiger partial charge in [0.1, 0.15) is 6.61 Å². The first kappa shape index (κ1) is 25.1. The lowest BCUT2D eigenvalue weighted by Gasteiger charge is -2.36. The van der Waals surface area contributed by atoms with Crippen molar-refractivity contribution in [2.45, 2.75) is 38.1 Å². The van der Waals surface area contributed by atoms with Crippen LogP contribution in [0.3, 0.4) is 0 Å². The van der Waals surface area contributed by atoms with Gasteiger partial charge in [-0.05, 0) is 35.1 Å². The summed E-state index contributed by atoms with van der Waals surface area (Å²) in [7, 11) is 0. The van der Waals surface area contributed by atoms with E-state index in [0.29, 0.717) is 31.7 Å². The number of alkyl carbamates (subject to hydrolysis) is 1. The highest BCUT2D eigenvalue weighted by Gasteiger charge is 2.31. The molecule has 2 aliphatic rings. The quantitative estimate of drug-likeness (QED) is 0.501. The van der Waals surface area contributed by atoms with Gasteiger partial charge in [0.15, 0.2) is 0 Å². The molecule has 2 amide bonds. The fraction of sp³-hybridized carbons (Fsp3) is 0.444. The van der Waals surface area contributed by atoms with Crippen LogP contribution in [0.4, 0.5) is 4.79 Å². The van der Waals surface area contributed by atoms with E-state index in [9.17, 15) is 14.4 Å². The van der Waals surface area contributed by atoms with Gasteiger partial charge in [0.25, 0.3) is 0 Å². The van der Waals surface area contributed by atoms with Crippen LogP contribution >= 0.6 is 11.8 Å². The zero-order valence-corrected chi connectivity index (χ0v) is 20.8. The Labute approximate surface area is 210 Å². The number of nitrogens with zero attached hydrogens (tertiary/aromatic N) is 1. The molecule has 0 saturated carbocycles. The third kappa shape index (κ3) is 5.99. The Morgan fingerprint density at radius 3 is 2.43 bits per heavy atom. The predicted octanol–water partition coefficient (Wildman–Crippen LogP) is 4.36. The zero-order valence-electron chi connectivity index (χ0n) is 19.9. The molecule has 0 aromatic heterocycles. The highest BCUT2D eigenvalue weighted by atomic mass is 32.2. The molecule has 2 N–H and O–H groups in total. The molecule has 1 saturated heterocycles. The van der Waals surface area contributed by atoms with E-state index in [1.165, 1.54) is 22.3 Å². The fourth-order valence-electron chi connectivity index (χ4n) is 4.97. The summed E-state index contributed by atoms with van der Waals surface area (Å²) in [4.78, 5) is 38.1. The van der Waals surface area contributed by atoms with Crippen molar-refractivity contribution in [3.05, 3.63) is 59.7 Å². The molecule has 2 atom stereocenters. The SMILES string of the molecule is CC(CCCNC(=O)OCC1c2ccccc2-c2ccccc21)C(=O)N1CCSCC1CC(=O)O. The van der Waals surface area contributed by atoms with E-state index in [0.717, 1.165) is 5.75 Å². The summed E-state index contributed by atoms with van der Waals surface area (Å²) >= 11 is 1.69. The molecule has 4 rings (SSSR count). The summed E-state index contributed by atoms with van der Waals surface area (Å²) in [5.41, 5.74) is 4.72. The van der Waals surface area contributed by atoms with Gasteiger partial charge < -0.3 is 20.1 Å². The predicted molar refractivity (Wildman–Crippen MR) is 137 cm³/mol. The molecule has 0 radical (unpaired) electrons. The number of benzene rings is 2. The van der Waals surface area contributed by atoms with Crippen LogP contribution in [0.15, 0.2) is 48.5 Å². The summed E-state index contributed by atoms with van der Waals surface area (Å²) < 4.78 is 5.56. The van der Waals surface area contributed by atoms with E-state index in [4.69, 9.17) is 9.84 Å². The first-order chi connectivity index (χ1) is 17.0. The van der Waals surface area contributed by atoms with Crippen molar-refractivity contribution in [3.63, 3.8) is 0 Å². The summed E-state index contributed by atoms with van der Waals surface area (Å²) in [5.74, 6) is 0.408. The molecule has 2 aromatic rings. The van der Waals surface area contributed by atoms with E-state index in [2.05, 4.69) is 29.6 Å². The second-order valence-corrected chi connectivity index (χ2v) is 10.3. The van der Waals surface area contributed by atoms with Crippen molar-refractivity contribution >= 4 is 29.7 Å². The number of ether oxygens (including phenoxy) is 1. The van der Waals surface area contributed by atoms with Gasteiger partial charge in [0.2, 0.25) is 5.91 Å². The Bertz CT molecular complexity index is 1030. The minimum atomic E-state index is -0.879. The highest BCUT2D eigenvalue weighted by Crippen LogP contribution is 2.44. The number of carboxylic acids is 1. The molecule has 8 heteroatoms. The van der Waals surface area contributed by atoms with Crippen molar-refractivity contribution in [3.8, 4) is 11.1 Å². The molecule has 0 bridgehead atoms. The number of rotatable bonds is 9. The number of carbonyl (C=O) groups is 3. The smallest absolute Gasteiger partial charge is 0.407 e. The van der Waals surface area contributed by atoms with E-state index in [-0.39, 0.29) is 36.8 Å². The maximum absolute atomic E-state index is 12.9. The number of fused-ring (bicyclic) bond motifs is 3. The number of hydrogen-bond acceptors (Lipinski definition) is 5. The zero-order chi connectivity index (χ0) is 24.8. The normalized spacial score (nSPS) is 17.9. The molecule has 1 aliphatic carbocycles. The van der Waals surface area contributed by atoms with Crippen LogP contribution in [0, 0.1) is 5.92 Å². The van der Waals surface area contributed by atoms with Crippen LogP contribution in [0.5, 0.6) is 0 Å². The Balaban J connectivity index is 1.21. The maximum Gasteiger partial charge on any atom is 0.407 e. The van der Waals surface area contributed by atoms with Crippen molar-refractivity contribution < 1.29 is 24.2 Å². The van der Waals surface area contributed by atoms with E-state index >= 15 is 0 Å². The monoisotopic (exact) mass is 496 g/mol. The molecule has 0 spiro atoms. The number of carbonyl (C=O) groups excluding carboxylic acids is 2. The van der Waals surface area contributed by atoms with E-state index in [1.54, 1.807) is 16.7 Å². The summed E-state index contributed by atoms with van der Waals surface area (Å²) in [5, 5.41) is 11.9. The van der Waals surface area contributed by atoms with Gasteiger partial charge in [0.05, 0.1) is 12.5 Å². The Kier molecular flexibility index (Phi) is 8.33. The maximum atomic E-state index is 12.9. The van der Waals surface area contributed by atoms with Gasteiger partial charge in [-0.2, -0.15) is 11.8 Å². The Morgan fingerprint density at radius 2 is 1.77 bits per heavy atom. The molecule has 7 nitrogen and oxygen atoms in total. The lowest BCUT2D eigenvalue weighted by Crippen LogP contribution is -2.49. The Morgan fingerprint density at radius 1 is 1.11 bits per heavy atom. The van der Waals surface area contributed by atoms with Gasteiger partial charge in [-0.15, -0.1) is 0 Å². The third-order valence-electron chi connectivity index (χ3n) is 6.77. The van der Waals surface area contributed by atoms with Crippen LogP contribution < -0.4 is 5.32 Å². The molecular formula is C27H32N2O5S. The molecule has 2 unspecified atom stereocenters. The first-order valence-electron chi connectivity index (χ1n) is 12.1. The molecule has 35 heavy (non-hydrogen) atoms. The van der Waals surface area contributed by atoms with Gasteiger partial charge in [-0.25, -0.2) is 4.79 Å². The van der Waals surface area contributed by atoms with Crippen LogP contribution in [0.2, 0.25) is 0 Å². The minimum Gasteiger partial charge on any atom is -0.481 e. The number of thioether (sulfide) groups is 1. The largest absolute Gasteiger partial charge is 0.481 e. The number of hydrogen-bond donors (Lipinski definition) is 2. The molecule has 1 aliphatic heterocycles. The van der Waals surface area contributed by atoms with Crippen LogP contribution in [0.1, 0.15) is 43.2 Å². The molecule has 1 heterocycles. The standard InChI is InChI=1S/C27H32N2O5S/c1-18(26(32)29-13-14-35-17-19(29)15-25(30)31)7-6-12-28-27(33)34-16-24-22-10-4-2-8-20(22)21-9-3-5-11-23(21)24/h2-5,8-11,18-19,24H,6-7,12-17H2,1H3,(H,28,33)(H,30,31). The average Bonchev–Trinajstić information content (AvgIpc) is 3.18. The van der Waals surface area contributed by atoms with Gasteiger partial charge in [0, 0.05) is 36.4 Å². The summed E-state index contributed by atoms with van der Waals surface area (Å²) in [6.07, 6.45) is 0.782. The van der Waals surface area contributed by atoms with Crippen LogP contribution in [0.25, 0.3) is 11.1 Å². The number of amides is 2. The van der Waals surface area contributed by atoms with Gasteiger partial charge >= 0.3 is 12.1 Å². The van der Waals surface area contributed by atoms with Crippen LogP contribution in [-0.2, 0) is 14.3 Å². The van der Waals surface area contributed by atoms with E-state index < -0.39 is 12.1 Å². The van der Waals surface area contributed by atoms with Gasteiger partial charge in [-0.1, -0.05) is 55.5 Å². The van der Waals surface area contributed by atoms with Crippen molar-refractivity contribution in [2.24, 2.45) is 5.92 Å². The third-order valence-corrected chi connectivity index (χ3v) is 7.86. The first-order valence-corrected chi connectivity index (χ1v) is 13.3. The molecule has 186 valence electrons. The molecular weight excluding hydrogens is 464 g/mol. The Hall–Kier alpha value is -3.00. The molecule has 1 fully saturated rings.